The first-order chi connectivity index (χ1) is 9.58. The number of carbonyl (C=O) groups is 1. The van der Waals surface area contributed by atoms with E-state index in [-0.39, 0.29) is 12.5 Å². The highest BCUT2D eigenvalue weighted by molar-refractivity contribution is 6.39. The summed E-state index contributed by atoms with van der Waals surface area (Å²) in [7, 11) is 0. The molecule has 0 spiro atoms. The third-order valence-corrected chi connectivity index (χ3v) is 3.31. The Balaban J connectivity index is 1.98. The molecule has 1 N–H and O–H groups in total. The van der Waals surface area contributed by atoms with Crippen molar-refractivity contribution in [2.45, 2.75) is 6.92 Å². The van der Waals surface area contributed by atoms with Crippen molar-refractivity contribution in [1.82, 2.24) is 0 Å². The van der Waals surface area contributed by atoms with Gasteiger partial charge in [0.15, 0.2) is 6.61 Å². The number of hydrogen-bond donors (Lipinski definition) is 1. The predicted molar refractivity (Wildman–Crippen MR) is 81.8 cm³/mol. The number of para-hydroxylation sites is 2. The van der Waals surface area contributed by atoms with Crippen molar-refractivity contribution >= 4 is 34.8 Å². The molecular formula is C15H13Cl2NO2. The van der Waals surface area contributed by atoms with Crippen molar-refractivity contribution in [3.63, 3.8) is 0 Å². The number of anilines is 1. The number of carbonyl (C=O) groups excluding carboxylic acids is 1. The Morgan fingerprint density at radius 1 is 1.10 bits per heavy atom. The number of benzene rings is 2. The van der Waals surface area contributed by atoms with Crippen LogP contribution in [0.15, 0.2) is 42.5 Å². The standard InChI is InChI=1S/C15H13Cl2NO2/c1-10-5-2-3-8-13(10)20-9-14(19)18-15-11(16)6-4-7-12(15)17/h2-8H,9H2,1H3,(H,18,19). The number of nitrogens with one attached hydrogen (secondary N) is 1. The molecule has 0 fully saturated rings. The van der Waals surface area contributed by atoms with Gasteiger partial charge in [-0.3, -0.25) is 4.79 Å². The van der Waals surface area contributed by atoms with Crippen LogP contribution in [0.3, 0.4) is 0 Å². The number of halogens is 2. The van der Waals surface area contributed by atoms with Crippen molar-refractivity contribution in [2.24, 2.45) is 0 Å². The molecule has 0 aliphatic carbocycles. The Kier molecular flexibility index (Phi) is 4.88. The maximum Gasteiger partial charge on any atom is 0.262 e. The van der Waals surface area contributed by atoms with E-state index in [0.29, 0.717) is 21.5 Å². The van der Waals surface area contributed by atoms with Gasteiger partial charge < -0.3 is 10.1 Å². The van der Waals surface area contributed by atoms with Gasteiger partial charge in [0.1, 0.15) is 5.75 Å². The Hall–Kier alpha value is -1.71. The summed E-state index contributed by atoms with van der Waals surface area (Å²) < 4.78 is 5.45. The van der Waals surface area contributed by atoms with Gasteiger partial charge >= 0.3 is 0 Å². The third kappa shape index (κ3) is 3.65. The predicted octanol–water partition coefficient (Wildman–Crippen LogP) is 4.32. The number of rotatable bonds is 4. The van der Waals surface area contributed by atoms with Crippen molar-refractivity contribution in [1.29, 1.82) is 0 Å². The Morgan fingerprint density at radius 3 is 2.40 bits per heavy atom. The maximum atomic E-state index is 11.8. The third-order valence-electron chi connectivity index (χ3n) is 2.68. The molecular weight excluding hydrogens is 297 g/mol. The highest BCUT2D eigenvalue weighted by Gasteiger charge is 2.10. The van der Waals surface area contributed by atoms with Gasteiger partial charge in [-0.25, -0.2) is 0 Å². The smallest absolute Gasteiger partial charge is 0.262 e. The highest BCUT2D eigenvalue weighted by Crippen LogP contribution is 2.29. The lowest BCUT2D eigenvalue weighted by atomic mass is 10.2. The summed E-state index contributed by atoms with van der Waals surface area (Å²) in [4.78, 5) is 11.8. The number of ether oxygens (including phenoxy) is 1. The Bertz CT molecular complexity index is 609. The minimum atomic E-state index is -0.316. The summed E-state index contributed by atoms with van der Waals surface area (Å²) in [6.45, 7) is 1.81. The number of amides is 1. The van der Waals surface area contributed by atoms with Gasteiger partial charge in [-0.15, -0.1) is 0 Å². The van der Waals surface area contributed by atoms with Crippen molar-refractivity contribution in [3.05, 3.63) is 58.1 Å². The number of hydrogen-bond acceptors (Lipinski definition) is 2. The second-order valence-corrected chi connectivity index (χ2v) is 5.01. The molecule has 3 nitrogen and oxygen atoms in total. The lowest BCUT2D eigenvalue weighted by Crippen LogP contribution is -2.20. The molecule has 0 aliphatic rings. The van der Waals surface area contributed by atoms with Gasteiger partial charge in [0, 0.05) is 0 Å². The first-order valence-corrected chi connectivity index (χ1v) is 6.76. The van der Waals surface area contributed by atoms with Gasteiger partial charge in [0.25, 0.3) is 5.91 Å². The fourth-order valence-electron chi connectivity index (χ4n) is 1.65. The van der Waals surface area contributed by atoms with Gasteiger partial charge in [-0.05, 0) is 30.7 Å². The molecule has 5 heteroatoms. The summed E-state index contributed by atoms with van der Waals surface area (Å²) in [5, 5.41) is 3.42. The van der Waals surface area contributed by atoms with Crippen LogP contribution in [0.5, 0.6) is 5.75 Å². The lowest BCUT2D eigenvalue weighted by Gasteiger charge is -2.11. The second kappa shape index (κ2) is 6.64. The van der Waals surface area contributed by atoms with Crippen LogP contribution in [0.4, 0.5) is 5.69 Å². The SMILES string of the molecule is Cc1ccccc1OCC(=O)Nc1c(Cl)cccc1Cl. The molecule has 2 aromatic carbocycles. The van der Waals surface area contributed by atoms with E-state index in [1.807, 2.05) is 31.2 Å². The molecule has 0 heterocycles. The van der Waals surface area contributed by atoms with Crippen molar-refractivity contribution in [3.8, 4) is 5.75 Å². The minimum absolute atomic E-state index is 0.105. The van der Waals surface area contributed by atoms with Crippen LogP contribution in [0.2, 0.25) is 10.0 Å². The van der Waals surface area contributed by atoms with E-state index < -0.39 is 0 Å². The van der Waals surface area contributed by atoms with Crippen molar-refractivity contribution < 1.29 is 9.53 Å². The minimum Gasteiger partial charge on any atom is -0.483 e. The summed E-state index contributed by atoms with van der Waals surface area (Å²) in [5.74, 6) is 0.358. The number of aryl methyl sites for hydroxylation is 1. The summed E-state index contributed by atoms with van der Waals surface area (Å²) in [5.41, 5.74) is 1.37. The first-order valence-electron chi connectivity index (χ1n) is 6.00. The summed E-state index contributed by atoms with van der Waals surface area (Å²) >= 11 is 12.0. The normalized spacial score (nSPS) is 10.2. The Labute approximate surface area is 127 Å². The molecule has 2 aromatic rings. The zero-order valence-corrected chi connectivity index (χ0v) is 12.3. The molecule has 20 heavy (non-hydrogen) atoms. The molecule has 0 bridgehead atoms. The van der Waals surface area contributed by atoms with Crippen LogP contribution < -0.4 is 10.1 Å². The fraction of sp³-hybridized carbons (Fsp3) is 0.133. The summed E-state index contributed by atoms with van der Waals surface area (Å²) in [6.07, 6.45) is 0. The van der Waals surface area contributed by atoms with E-state index in [4.69, 9.17) is 27.9 Å². The van der Waals surface area contributed by atoms with Crippen LogP contribution in [-0.2, 0) is 4.79 Å². The largest absolute Gasteiger partial charge is 0.483 e. The molecule has 0 saturated carbocycles. The molecule has 0 aliphatic heterocycles. The zero-order valence-electron chi connectivity index (χ0n) is 10.8. The Morgan fingerprint density at radius 2 is 1.75 bits per heavy atom. The van der Waals surface area contributed by atoms with E-state index in [0.717, 1.165) is 5.56 Å². The monoisotopic (exact) mass is 309 g/mol. The molecule has 0 radical (unpaired) electrons. The molecule has 0 unspecified atom stereocenters. The maximum absolute atomic E-state index is 11.8. The molecule has 2 rings (SSSR count). The van der Waals surface area contributed by atoms with Gasteiger partial charge in [-0.2, -0.15) is 0 Å². The fourth-order valence-corrected chi connectivity index (χ4v) is 2.15. The van der Waals surface area contributed by atoms with Crippen LogP contribution in [0, 0.1) is 6.92 Å². The van der Waals surface area contributed by atoms with Gasteiger partial charge in [0.05, 0.1) is 15.7 Å². The van der Waals surface area contributed by atoms with E-state index in [1.165, 1.54) is 0 Å². The van der Waals surface area contributed by atoms with E-state index >= 15 is 0 Å². The van der Waals surface area contributed by atoms with E-state index in [9.17, 15) is 4.79 Å². The van der Waals surface area contributed by atoms with Gasteiger partial charge in [-0.1, -0.05) is 47.5 Å². The van der Waals surface area contributed by atoms with Gasteiger partial charge in [0.2, 0.25) is 0 Å². The quantitative estimate of drug-likeness (QED) is 0.913. The average Bonchev–Trinajstić information content (AvgIpc) is 2.42. The molecule has 0 aromatic heterocycles. The first kappa shape index (κ1) is 14.7. The van der Waals surface area contributed by atoms with Crippen LogP contribution in [-0.4, -0.2) is 12.5 Å². The lowest BCUT2D eigenvalue weighted by molar-refractivity contribution is -0.118. The molecule has 1 amide bonds. The van der Waals surface area contributed by atoms with Crippen LogP contribution in [0.1, 0.15) is 5.56 Å². The second-order valence-electron chi connectivity index (χ2n) is 4.20. The molecule has 104 valence electrons. The van der Waals surface area contributed by atoms with E-state index in [1.54, 1.807) is 18.2 Å². The molecule has 0 atom stereocenters. The zero-order chi connectivity index (χ0) is 14.5. The van der Waals surface area contributed by atoms with Crippen molar-refractivity contribution in [2.75, 3.05) is 11.9 Å². The van der Waals surface area contributed by atoms with E-state index in [2.05, 4.69) is 5.32 Å². The average molecular weight is 310 g/mol. The molecule has 0 saturated heterocycles. The topological polar surface area (TPSA) is 38.3 Å². The summed E-state index contributed by atoms with van der Waals surface area (Å²) in [6, 6.07) is 12.5. The highest BCUT2D eigenvalue weighted by atomic mass is 35.5. The van der Waals surface area contributed by atoms with Crippen LogP contribution >= 0.6 is 23.2 Å². The van der Waals surface area contributed by atoms with Crippen LogP contribution in [0.25, 0.3) is 0 Å².